The van der Waals surface area contributed by atoms with Crippen molar-refractivity contribution in [3.63, 3.8) is 0 Å². The number of benzene rings is 3. The molecular formula is C25H24FNO6S. The van der Waals surface area contributed by atoms with Crippen LogP contribution >= 0.6 is 0 Å². The minimum Gasteiger partial charge on any atom is -0.452 e. The van der Waals surface area contributed by atoms with E-state index in [0.29, 0.717) is 11.1 Å². The summed E-state index contributed by atoms with van der Waals surface area (Å²) in [6.45, 7) is 4.50. The quantitative estimate of drug-likeness (QED) is 0.378. The Balaban J connectivity index is 1.68. The Labute approximate surface area is 197 Å². The van der Waals surface area contributed by atoms with Crippen molar-refractivity contribution in [3.05, 3.63) is 94.8 Å². The molecule has 9 heteroatoms. The van der Waals surface area contributed by atoms with Crippen molar-refractivity contribution >= 4 is 22.0 Å². The third-order valence-electron chi connectivity index (χ3n) is 5.00. The van der Waals surface area contributed by atoms with Crippen LogP contribution < -0.4 is 9.50 Å². The lowest BCUT2D eigenvalue weighted by Crippen LogP contribution is -2.31. The monoisotopic (exact) mass is 485 g/mol. The second-order valence-electron chi connectivity index (χ2n) is 7.72. The predicted molar refractivity (Wildman–Crippen MR) is 123 cm³/mol. The molecule has 0 radical (unpaired) electrons. The topological polar surface area (TPSA) is 98.8 Å². The van der Waals surface area contributed by atoms with Crippen molar-refractivity contribution in [3.8, 4) is 5.75 Å². The van der Waals surface area contributed by atoms with Gasteiger partial charge in [-0.3, -0.25) is 4.79 Å². The van der Waals surface area contributed by atoms with Gasteiger partial charge in [0, 0.05) is 0 Å². The largest absolute Gasteiger partial charge is 0.452 e. The van der Waals surface area contributed by atoms with Gasteiger partial charge in [0.1, 0.15) is 16.3 Å². The van der Waals surface area contributed by atoms with E-state index in [2.05, 4.69) is 5.32 Å². The van der Waals surface area contributed by atoms with Crippen molar-refractivity contribution in [2.24, 2.45) is 0 Å². The summed E-state index contributed by atoms with van der Waals surface area (Å²) in [4.78, 5) is 24.8. The second kappa shape index (κ2) is 10.5. The summed E-state index contributed by atoms with van der Waals surface area (Å²) in [5, 5.41) is 2.64. The molecule has 0 aliphatic rings. The van der Waals surface area contributed by atoms with Crippen LogP contribution in [-0.2, 0) is 19.6 Å². The number of aryl methyl sites for hydroxylation is 2. The molecule has 0 saturated heterocycles. The summed E-state index contributed by atoms with van der Waals surface area (Å²) in [5.41, 5.74) is 1.77. The fourth-order valence-electron chi connectivity index (χ4n) is 3.17. The Bertz CT molecular complexity index is 1310. The third-order valence-corrected chi connectivity index (χ3v) is 6.38. The fourth-order valence-corrected chi connectivity index (χ4v) is 4.44. The van der Waals surface area contributed by atoms with E-state index in [1.54, 1.807) is 32.9 Å². The van der Waals surface area contributed by atoms with Crippen LogP contribution in [0.25, 0.3) is 0 Å². The molecule has 178 valence electrons. The number of carbonyl (C=O) groups is 2. The molecule has 3 rings (SSSR count). The van der Waals surface area contributed by atoms with Gasteiger partial charge in [-0.1, -0.05) is 36.4 Å². The molecule has 0 aromatic heterocycles. The predicted octanol–water partition coefficient (Wildman–Crippen LogP) is 4.24. The molecule has 3 aromatic rings. The van der Waals surface area contributed by atoms with E-state index in [0.717, 1.165) is 5.56 Å². The smallest absolute Gasteiger partial charge is 0.342 e. The highest BCUT2D eigenvalue weighted by Crippen LogP contribution is 2.26. The minimum absolute atomic E-state index is 0.00942. The standard InChI is InChI=1S/C25H24FNO6S/c1-16-8-9-17(2)23(14-16)34(30,31)33-22-7-5-4-6-21(22)25(29)32-15-24(28)27-18(3)19-10-12-20(26)13-11-19/h4-14,18H,15H2,1-3H3,(H,27,28)/t18-/m1/s1. The maximum atomic E-state index is 13.1. The number of nitrogens with one attached hydrogen (secondary N) is 1. The van der Waals surface area contributed by atoms with Gasteiger partial charge in [-0.05, 0) is 67.8 Å². The van der Waals surface area contributed by atoms with Gasteiger partial charge < -0.3 is 14.2 Å². The molecule has 0 aliphatic carbocycles. The normalized spacial score (nSPS) is 12.0. The first-order chi connectivity index (χ1) is 16.1. The fraction of sp³-hybridized carbons (Fsp3) is 0.200. The molecule has 1 atom stereocenters. The lowest BCUT2D eigenvalue weighted by Gasteiger charge is -2.15. The molecule has 0 spiro atoms. The van der Waals surface area contributed by atoms with E-state index in [-0.39, 0.29) is 16.2 Å². The number of rotatable bonds is 8. The van der Waals surface area contributed by atoms with E-state index in [9.17, 15) is 22.4 Å². The van der Waals surface area contributed by atoms with Gasteiger partial charge >= 0.3 is 16.1 Å². The van der Waals surface area contributed by atoms with Gasteiger partial charge in [0.2, 0.25) is 0 Å². The lowest BCUT2D eigenvalue weighted by molar-refractivity contribution is -0.124. The van der Waals surface area contributed by atoms with Crippen molar-refractivity contribution in [2.75, 3.05) is 6.61 Å². The van der Waals surface area contributed by atoms with Gasteiger partial charge in [0.25, 0.3) is 5.91 Å². The van der Waals surface area contributed by atoms with Crippen LogP contribution in [0.5, 0.6) is 5.75 Å². The van der Waals surface area contributed by atoms with E-state index in [1.165, 1.54) is 54.6 Å². The van der Waals surface area contributed by atoms with Crippen molar-refractivity contribution in [1.82, 2.24) is 5.32 Å². The van der Waals surface area contributed by atoms with E-state index in [4.69, 9.17) is 8.92 Å². The Kier molecular flexibility index (Phi) is 7.68. The summed E-state index contributed by atoms with van der Waals surface area (Å²) < 4.78 is 49.0. The van der Waals surface area contributed by atoms with Crippen LogP contribution in [0.2, 0.25) is 0 Å². The van der Waals surface area contributed by atoms with Crippen LogP contribution in [-0.4, -0.2) is 26.9 Å². The number of ether oxygens (including phenoxy) is 1. The molecule has 0 fully saturated rings. The summed E-state index contributed by atoms with van der Waals surface area (Å²) in [5.74, 6) is -2.10. The number of hydrogen-bond acceptors (Lipinski definition) is 6. The van der Waals surface area contributed by atoms with Gasteiger partial charge in [-0.15, -0.1) is 0 Å². The number of carbonyl (C=O) groups excluding carboxylic acids is 2. The molecule has 1 N–H and O–H groups in total. The molecule has 0 unspecified atom stereocenters. The van der Waals surface area contributed by atoms with Crippen molar-refractivity contribution in [2.45, 2.75) is 31.7 Å². The Morgan fingerprint density at radius 2 is 1.68 bits per heavy atom. The average Bonchev–Trinajstić information content (AvgIpc) is 2.79. The van der Waals surface area contributed by atoms with Gasteiger partial charge in [0.15, 0.2) is 12.4 Å². The molecule has 0 bridgehead atoms. The first kappa shape index (κ1) is 24.9. The zero-order valence-corrected chi connectivity index (χ0v) is 19.7. The van der Waals surface area contributed by atoms with Crippen LogP contribution in [0.15, 0.2) is 71.6 Å². The average molecular weight is 486 g/mol. The summed E-state index contributed by atoms with van der Waals surface area (Å²) in [7, 11) is -4.22. The first-order valence-electron chi connectivity index (χ1n) is 10.4. The van der Waals surface area contributed by atoms with Crippen LogP contribution in [0.3, 0.4) is 0 Å². The van der Waals surface area contributed by atoms with Crippen molar-refractivity contribution in [1.29, 1.82) is 0 Å². The van der Waals surface area contributed by atoms with Gasteiger partial charge in [-0.2, -0.15) is 8.42 Å². The second-order valence-corrected chi connectivity index (χ2v) is 9.23. The zero-order chi connectivity index (χ0) is 24.9. The maximum Gasteiger partial charge on any atom is 0.342 e. The molecule has 0 aliphatic heterocycles. The molecule has 0 heterocycles. The maximum absolute atomic E-state index is 13.1. The minimum atomic E-state index is -4.22. The lowest BCUT2D eigenvalue weighted by atomic mass is 10.1. The molecule has 34 heavy (non-hydrogen) atoms. The van der Waals surface area contributed by atoms with E-state index in [1.807, 2.05) is 0 Å². The molecular weight excluding hydrogens is 461 g/mol. The Morgan fingerprint density at radius 1 is 1.00 bits per heavy atom. The zero-order valence-electron chi connectivity index (χ0n) is 18.9. The van der Waals surface area contributed by atoms with Gasteiger partial charge in [-0.25, -0.2) is 9.18 Å². The number of halogens is 1. The molecule has 7 nitrogen and oxygen atoms in total. The summed E-state index contributed by atoms with van der Waals surface area (Å²) in [6.07, 6.45) is 0. The van der Waals surface area contributed by atoms with E-state index >= 15 is 0 Å². The number of para-hydroxylation sites is 1. The summed E-state index contributed by atoms with van der Waals surface area (Å²) in [6, 6.07) is 15.8. The number of hydrogen-bond donors (Lipinski definition) is 1. The van der Waals surface area contributed by atoms with Gasteiger partial charge in [0.05, 0.1) is 6.04 Å². The highest BCUT2D eigenvalue weighted by atomic mass is 32.2. The molecule has 3 aromatic carbocycles. The van der Waals surface area contributed by atoms with Crippen LogP contribution in [0, 0.1) is 19.7 Å². The molecule has 1 amide bonds. The van der Waals surface area contributed by atoms with Crippen molar-refractivity contribution < 1.29 is 31.3 Å². The molecule has 0 saturated carbocycles. The summed E-state index contributed by atoms with van der Waals surface area (Å²) >= 11 is 0. The van der Waals surface area contributed by atoms with Crippen LogP contribution in [0.1, 0.15) is 40.0 Å². The highest BCUT2D eigenvalue weighted by Gasteiger charge is 2.24. The highest BCUT2D eigenvalue weighted by molar-refractivity contribution is 7.87. The number of amides is 1. The first-order valence-corrected chi connectivity index (χ1v) is 11.8. The van der Waals surface area contributed by atoms with E-state index < -0.39 is 40.5 Å². The number of esters is 1. The SMILES string of the molecule is Cc1ccc(C)c(S(=O)(=O)Oc2ccccc2C(=O)OCC(=O)N[C@H](C)c2ccc(F)cc2)c1. The Hall–Kier alpha value is -3.72. The third kappa shape index (κ3) is 6.20. The van der Waals surface area contributed by atoms with Crippen LogP contribution in [0.4, 0.5) is 4.39 Å². The Morgan fingerprint density at radius 3 is 2.38 bits per heavy atom.